The molecule has 0 unspecified atom stereocenters. The fraction of sp³-hybridized carbons (Fsp3) is 0.400. The van der Waals surface area contributed by atoms with Crippen LogP contribution in [0.2, 0.25) is 5.02 Å². The second kappa shape index (κ2) is 8.87. The summed E-state index contributed by atoms with van der Waals surface area (Å²) in [5.41, 5.74) is -0.252. The fourth-order valence-corrected chi connectivity index (χ4v) is 5.05. The molecule has 1 aliphatic heterocycles. The van der Waals surface area contributed by atoms with Crippen molar-refractivity contribution in [1.82, 2.24) is 13.8 Å². The zero-order chi connectivity index (χ0) is 23.8. The van der Waals surface area contributed by atoms with Crippen LogP contribution in [0.1, 0.15) is 16.7 Å². The molecule has 0 atom stereocenters. The third-order valence-corrected chi connectivity index (χ3v) is 7.55. The molecule has 0 N–H and O–H groups in total. The van der Waals surface area contributed by atoms with Gasteiger partial charge in [-0.3, -0.25) is 9.59 Å². The van der Waals surface area contributed by atoms with Crippen molar-refractivity contribution in [2.45, 2.75) is 31.5 Å². The molecule has 0 radical (unpaired) electrons. The Labute approximate surface area is 188 Å². The lowest BCUT2D eigenvalue weighted by Gasteiger charge is -2.34. The van der Waals surface area contributed by atoms with Crippen molar-refractivity contribution in [2.24, 2.45) is 0 Å². The first-order chi connectivity index (χ1) is 14.8. The Hall–Kier alpha value is -2.37. The van der Waals surface area contributed by atoms with E-state index in [9.17, 15) is 31.2 Å². The molecule has 3 rings (SSSR count). The van der Waals surface area contributed by atoms with Crippen LogP contribution in [0, 0.1) is 13.8 Å². The largest absolute Gasteiger partial charge is 0.417 e. The molecule has 0 bridgehead atoms. The van der Waals surface area contributed by atoms with Gasteiger partial charge in [0.05, 0.1) is 10.5 Å². The van der Waals surface area contributed by atoms with E-state index in [0.29, 0.717) is 16.8 Å². The van der Waals surface area contributed by atoms with E-state index in [4.69, 9.17) is 11.6 Å². The third-order valence-electron chi connectivity index (χ3n) is 5.38. The molecule has 12 heteroatoms. The number of pyridine rings is 1. The number of aromatic nitrogens is 1. The Bertz CT molecular complexity index is 1200. The normalized spacial score (nSPS) is 15.8. The maximum Gasteiger partial charge on any atom is 0.417 e. The van der Waals surface area contributed by atoms with Crippen LogP contribution in [0.15, 0.2) is 40.2 Å². The van der Waals surface area contributed by atoms with Gasteiger partial charge >= 0.3 is 6.18 Å². The number of alkyl halides is 3. The molecule has 1 aromatic heterocycles. The van der Waals surface area contributed by atoms with Gasteiger partial charge in [0.15, 0.2) is 0 Å². The van der Waals surface area contributed by atoms with Crippen molar-refractivity contribution in [3.63, 3.8) is 0 Å². The molecule has 2 aromatic rings. The van der Waals surface area contributed by atoms with Crippen molar-refractivity contribution in [1.29, 1.82) is 0 Å². The molecule has 1 aromatic carbocycles. The number of halogens is 4. The molecule has 0 aliphatic carbocycles. The van der Waals surface area contributed by atoms with Crippen LogP contribution >= 0.6 is 11.6 Å². The van der Waals surface area contributed by atoms with Crippen molar-refractivity contribution in [3.8, 4) is 0 Å². The Morgan fingerprint density at radius 3 is 2.25 bits per heavy atom. The number of aryl methyl sites for hydroxylation is 2. The van der Waals surface area contributed by atoms with Crippen LogP contribution in [0.3, 0.4) is 0 Å². The lowest BCUT2D eigenvalue weighted by atomic mass is 10.1. The molecule has 1 fully saturated rings. The molecule has 0 saturated carbocycles. The second-order valence-electron chi connectivity index (χ2n) is 7.54. The number of sulfonamides is 1. The first kappa shape index (κ1) is 24.3. The predicted octanol–water partition coefficient (Wildman–Crippen LogP) is 2.67. The monoisotopic (exact) mass is 491 g/mol. The molecule has 7 nitrogen and oxygen atoms in total. The summed E-state index contributed by atoms with van der Waals surface area (Å²) >= 11 is 5.61. The van der Waals surface area contributed by atoms with Crippen LogP contribution in [-0.2, 0) is 27.5 Å². The number of carbonyl (C=O) groups is 1. The van der Waals surface area contributed by atoms with E-state index in [-0.39, 0.29) is 31.1 Å². The highest BCUT2D eigenvalue weighted by Gasteiger charge is 2.33. The minimum Gasteiger partial charge on any atom is -0.339 e. The summed E-state index contributed by atoms with van der Waals surface area (Å²) in [4.78, 5) is 26.1. The lowest BCUT2D eigenvalue weighted by Crippen LogP contribution is -2.51. The zero-order valence-corrected chi connectivity index (χ0v) is 18.9. The van der Waals surface area contributed by atoms with Gasteiger partial charge in [0.25, 0.3) is 5.56 Å². The highest BCUT2D eigenvalue weighted by molar-refractivity contribution is 7.89. The Balaban J connectivity index is 1.71. The minimum atomic E-state index is -4.73. The van der Waals surface area contributed by atoms with E-state index in [2.05, 4.69) is 0 Å². The molecule has 1 amide bonds. The maximum absolute atomic E-state index is 13.0. The summed E-state index contributed by atoms with van der Waals surface area (Å²) in [5, 5.41) is -0.642. The first-order valence-electron chi connectivity index (χ1n) is 9.63. The molecule has 2 heterocycles. The molecule has 1 aliphatic rings. The Morgan fingerprint density at radius 2 is 1.69 bits per heavy atom. The predicted molar refractivity (Wildman–Crippen MR) is 112 cm³/mol. The van der Waals surface area contributed by atoms with E-state index < -0.39 is 44.8 Å². The van der Waals surface area contributed by atoms with E-state index in [0.717, 1.165) is 11.1 Å². The molecule has 1 saturated heterocycles. The molecule has 32 heavy (non-hydrogen) atoms. The van der Waals surface area contributed by atoms with E-state index in [1.54, 1.807) is 12.1 Å². The quantitative estimate of drug-likeness (QED) is 0.658. The summed E-state index contributed by atoms with van der Waals surface area (Å²) < 4.78 is 66.6. The molecular formula is C20H21ClF3N3O4S. The van der Waals surface area contributed by atoms with Crippen molar-refractivity contribution >= 4 is 27.5 Å². The highest BCUT2D eigenvalue weighted by Crippen LogP contribution is 2.29. The van der Waals surface area contributed by atoms with Crippen molar-refractivity contribution in [3.05, 3.63) is 62.5 Å². The number of amides is 1. The second-order valence-corrected chi connectivity index (χ2v) is 9.88. The summed E-state index contributed by atoms with van der Waals surface area (Å²) in [7, 11) is -3.75. The van der Waals surface area contributed by atoms with Crippen LogP contribution in [0.25, 0.3) is 0 Å². The van der Waals surface area contributed by atoms with Gasteiger partial charge in [-0.15, -0.1) is 0 Å². The van der Waals surface area contributed by atoms with Gasteiger partial charge in [0, 0.05) is 32.4 Å². The van der Waals surface area contributed by atoms with Gasteiger partial charge in [0.2, 0.25) is 15.9 Å². The van der Waals surface area contributed by atoms with Crippen LogP contribution < -0.4 is 5.56 Å². The Kier molecular flexibility index (Phi) is 6.73. The van der Waals surface area contributed by atoms with Crippen LogP contribution in [0.5, 0.6) is 0 Å². The smallest absolute Gasteiger partial charge is 0.339 e. The van der Waals surface area contributed by atoms with Crippen molar-refractivity contribution in [2.75, 3.05) is 26.2 Å². The number of benzene rings is 1. The third kappa shape index (κ3) is 5.00. The van der Waals surface area contributed by atoms with Gasteiger partial charge in [-0.25, -0.2) is 8.42 Å². The lowest BCUT2D eigenvalue weighted by molar-refractivity contribution is -0.139. The van der Waals surface area contributed by atoms with Crippen LogP contribution in [0.4, 0.5) is 13.2 Å². The number of hydrogen-bond donors (Lipinski definition) is 0. The summed E-state index contributed by atoms with van der Waals surface area (Å²) in [6.45, 7) is 3.20. The topological polar surface area (TPSA) is 79.7 Å². The molecular weight excluding hydrogens is 471 g/mol. The maximum atomic E-state index is 13.0. The number of piperazine rings is 1. The Morgan fingerprint density at radius 1 is 1.06 bits per heavy atom. The van der Waals surface area contributed by atoms with E-state index in [1.165, 1.54) is 15.3 Å². The molecule has 174 valence electrons. The van der Waals surface area contributed by atoms with Gasteiger partial charge in [-0.2, -0.15) is 17.5 Å². The number of rotatable bonds is 4. The van der Waals surface area contributed by atoms with Gasteiger partial charge in [-0.05, 0) is 43.2 Å². The summed E-state index contributed by atoms with van der Waals surface area (Å²) in [5.74, 6) is -0.606. The highest BCUT2D eigenvalue weighted by atomic mass is 35.5. The number of nitrogens with zero attached hydrogens (tertiary/aromatic N) is 3. The van der Waals surface area contributed by atoms with Gasteiger partial charge in [0.1, 0.15) is 11.6 Å². The minimum absolute atomic E-state index is 0.0270. The fourth-order valence-electron chi connectivity index (χ4n) is 3.32. The van der Waals surface area contributed by atoms with E-state index >= 15 is 0 Å². The zero-order valence-electron chi connectivity index (χ0n) is 17.3. The van der Waals surface area contributed by atoms with Crippen LogP contribution in [-0.4, -0.2) is 54.3 Å². The van der Waals surface area contributed by atoms with Gasteiger partial charge in [-0.1, -0.05) is 17.7 Å². The van der Waals surface area contributed by atoms with Gasteiger partial charge < -0.3 is 9.47 Å². The standard InChI is InChI=1S/C20H21ClF3N3O4S/c1-13-3-4-16(9-14(13)2)32(30,31)27-7-5-25(6-8-27)18(28)12-26-11-15(20(22,23)24)10-17(21)19(26)29/h3-4,9-11H,5-8,12H2,1-2H3. The summed E-state index contributed by atoms with van der Waals surface area (Å²) in [6.07, 6.45) is -4.18. The van der Waals surface area contributed by atoms with Crippen molar-refractivity contribution < 1.29 is 26.4 Å². The summed E-state index contributed by atoms with van der Waals surface area (Å²) in [6, 6.07) is 5.35. The SMILES string of the molecule is Cc1ccc(S(=O)(=O)N2CCN(C(=O)Cn3cc(C(F)(F)F)cc(Cl)c3=O)CC2)cc1C. The number of hydrogen-bond acceptors (Lipinski definition) is 4. The average molecular weight is 492 g/mol. The molecule has 0 spiro atoms. The first-order valence-corrected chi connectivity index (χ1v) is 11.4. The van der Waals surface area contributed by atoms with E-state index in [1.807, 2.05) is 13.8 Å². The average Bonchev–Trinajstić information content (AvgIpc) is 2.72. The number of carbonyl (C=O) groups excluding carboxylic acids is 1.